The highest BCUT2D eigenvalue weighted by atomic mass is 16.6. The summed E-state index contributed by atoms with van der Waals surface area (Å²) in [5.41, 5.74) is 0.267. The van der Waals surface area contributed by atoms with Crippen molar-refractivity contribution in [1.29, 1.82) is 0 Å². The lowest BCUT2D eigenvalue weighted by atomic mass is 10.4. The fraction of sp³-hybridized carbons (Fsp3) is 0. The average molecular weight is 179 g/mol. The molecule has 1 N–H and O–H groups in total. The molecule has 2 heterocycles. The smallest absolute Gasteiger partial charge is 0.363 e. The number of esters is 1. The van der Waals surface area contributed by atoms with Crippen molar-refractivity contribution >= 4 is 5.97 Å². The van der Waals surface area contributed by atoms with Gasteiger partial charge < -0.3 is 9.26 Å². The molecular weight excluding hydrogens is 174 g/mol. The molecule has 2 rings (SSSR count). The molecule has 0 fully saturated rings. The lowest BCUT2D eigenvalue weighted by molar-refractivity contribution is 0.0715. The molecule has 0 unspecified atom stereocenters. The number of nitrogens with zero attached hydrogens (tertiary/aromatic N) is 2. The van der Waals surface area contributed by atoms with Crippen LogP contribution in [0, 0.1) is 0 Å². The number of hydrogen-bond donors (Lipinski definition) is 1. The van der Waals surface area contributed by atoms with E-state index in [2.05, 4.69) is 19.9 Å². The van der Waals surface area contributed by atoms with Gasteiger partial charge in [-0.15, -0.1) is 0 Å². The maximum Gasteiger partial charge on any atom is 0.363 e. The largest absolute Gasteiger partial charge is 0.399 e. The van der Waals surface area contributed by atoms with Crippen LogP contribution in [0.5, 0.6) is 5.88 Å². The number of carbonyl (C=O) groups excluding carboxylic acids is 1. The SMILES string of the molecule is O=C(Oc1ccon1)c1ccn[nH]1. The fourth-order valence-corrected chi connectivity index (χ4v) is 0.774. The van der Waals surface area contributed by atoms with Crippen molar-refractivity contribution in [1.82, 2.24) is 15.4 Å². The van der Waals surface area contributed by atoms with Crippen molar-refractivity contribution in [2.45, 2.75) is 0 Å². The van der Waals surface area contributed by atoms with Gasteiger partial charge in [0.25, 0.3) is 5.88 Å². The Hall–Kier alpha value is -2.11. The van der Waals surface area contributed by atoms with Crippen LogP contribution in [0.15, 0.2) is 29.1 Å². The van der Waals surface area contributed by atoms with Gasteiger partial charge in [-0.25, -0.2) is 4.79 Å². The van der Waals surface area contributed by atoms with Gasteiger partial charge in [0.05, 0.1) is 0 Å². The molecule has 0 aliphatic rings. The Bertz CT molecular complexity index is 379. The Morgan fingerprint density at radius 3 is 3.08 bits per heavy atom. The molecule has 0 aromatic carbocycles. The number of ether oxygens (including phenoxy) is 1. The first kappa shape index (κ1) is 7.53. The highest BCUT2D eigenvalue weighted by Gasteiger charge is 2.10. The zero-order valence-corrected chi connectivity index (χ0v) is 6.43. The molecule has 0 saturated carbocycles. The first-order valence-electron chi connectivity index (χ1n) is 3.48. The number of aromatic nitrogens is 3. The van der Waals surface area contributed by atoms with Crippen LogP contribution in [0.2, 0.25) is 0 Å². The van der Waals surface area contributed by atoms with Crippen molar-refractivity contribution in [3.05, 3.63) is 30.3 Å². The van der Waals surface area contributed by atoms with Crippen molar-refractivity contribution in [3.8, 4) is 5.88 Å². The summed E-state index contributed by atoms with van der Waals surface area (Å²) in [5, 5.41) is 9.48. The summed E-state index contributed by atoms with van der Waals surface area (Å²) >= 11 is 0. The van der Waals surface area contributed by atoms with Gasteiger partial charge >= 0.3 is 5.97 Å². The molecule has 6 heteroatoms. The van der Waals surface area contributed by atoms with Crippen molar-refractivity contribution in [3.63, 3.8) is 0 Å². The van der Waals surface area contributed by atoms with Gasteiger partial charge in [0, 0.05) is 12.3 Å². The Morgan fingerprint density at radius 2 is 2.46 bits per heavy atom. The molecule has 2 aromatic rings. The molecule has 0 aliphatic heterocycles. The highest BCUT2D eigenvalue weighted by Crippen LogP contribution is 2.06. The minimum atomic E-state index is -0.550. The average Bonchev–Trinajstić information content (AvgIpc) is 2.74. The van der Waals surface area contributed by atoms with E-state index in [4.69, 9.17) is 4.74 Å². The van der Waals surface area contributed by atoms with Crippen molar-refractivity contribution in [2.75, 3.05) is 0 Å². The molecule has 2 aromatic heterocycles. The second kappa shape index (κ2) is 3.10. The molecule has 0 amide bonds. The molecule has 0 atom stereocenters. The van der Waals surface area contributed by atoms with Gasteiger partial charge in [-0.05, 0) is 11.2 Å². The Labute approximate surface area is 72.5 Å². The van der Waals surface area contributed by atoms with E-state index in [9.17, 15) is 4.79 Å². The Balaban J connectivity index is 2.08. The van der Waals surface area contributed by atoms with Crippen molar-refractivity contribution in [2.24, 2.45) is 0 Å². The minimum absolute atomic E-state index is 0.125. The van der Waals surface area contributed by atoms with E-state index in [1.165, 1.54) is 24.6 Å². The third-order valence-corrected chi connectivity index (χ3v) is 1.33. The van der Waals surface area contributed by atoms with E-state index in [1.807, 2.05) is 0 Å². The second-order valence-corrected chi connectivity index (χ2v) is 2.20. The first-order valence-corrected chi connectivity index (χ1v) is 3.48. The number of nitrogens with one attached hydrogen (secondary N) is 1. The summed E-state index contributed by atoms with van der Waals surface area (Å²) in [5.74, 6) is -0.425. The van der Waals surface area contributed by atoms with Crippen LogP contribution in [-0.4, -0.2) is 21.3 Å². The van der Waals surface area contributed by atoms with Crippen LogP contribution in [-0.2, 0) is 0 Å². The molecule has 66 valence electrons. The maximum atomic E-state index is 11.2. The number of hydrogen-bond acceptors (Lipinski definition) is 5. The molecule has 0 aliphatic carbocycles. The number of carbonyl (C=O) groups is 1. The molecule has 0 radical (unpaired) electrons. The first-order chi connectivity index (χ1) is 6.36. The van der Waals surface area contributed by atoms with Crippen molar-refractivity contribution < 1.29 is 14.1 Å². The summed E-state index contributed by atoms with van der Waals surface area (Å²) in [7, 11) is 0. The van der Waals surface area contributed by atoms with E-state index >= 15 is 0 Å². The fourth-order valence-electron chi connectivity index (χ4n) is 0.774. The minimum Gasteiger partial charge on any atom is -0.399 e. The van der Waals surface area contributed by atoms with Crippen LogP contribution in [0.1, 0.15) is 10.5 Å². The second-order valence-electron chi connectivity index (χ2n) is 2.20. The van der Waals surface area contributed by atoms with E-state index in [0.717, 1.165) is 0 Å². The summed E-state index contributed by atoms with van der Waals surface area (Å²) in [6.45, 7) is 0. The summed E-state index contributed by atoms with van der Waals surface area (Å²) in [6.07, 6.45) is 2.77. The topological polar surface area (TPSA) is 81.0 Å². The molecule has 0 spiro atoms. The van der Waals surface area contributed by atoms with Crippen LogP contribution < -0.4 is 4.74 Å². The quantitative estimate of drug-likeness (QED) is 0.683. The summed E-state index contributed by atoms with van der Waals surface area (Å²) in [4.78, 5) is 11.2. The monoisotopic (exact) mass is 179 g/mol. The van der Waals surface area contributed by atoms with E-state index in [1.54, 1.807) is 0 Å². The van der Waals surface area contributed by atoms with Gasteiger partial charge in [0.15, 0.2) is 0 Å². The zero-order valence-electron chi connectivity index (χ0n) is 6.43. The normalized spacial score (nSPS) is 9.85. The number of aromatic amines is 1. The van der Waals surface area contributed by atoms with Crippen LogP contribution >= 0.6 is 0 Å². The molecule has 0 bridgehead atoms. The van der Waals surface area contributed by atoms with E-state index < -0.39 is 5.97 Å². The number of rotatable bonds is 2. The molecule has 0 saturated heterocycles. The Kier molecular flexibility index (Phi) is 1.79. The van der Waals surface area contributed by atoms with E-state index in [-0.39, 0.29) is 11.6 Å². The standard InChI is InChI=1S/C7H5N3O3/c11-7(5-1-3-8-9-5)13-6-2-4-12-10-6/h1-4H,(H,8,9). The van der Waals surface area contributed by atoms with Gasteiger partial charge in [-0.1, -0.05) is 0 Å². The lowest BCUT2D eigenvalue weighted by Crippen LogP contribution is -2.08. The Morgan fingerprint density at radius 1 is 1.54 bits per heavy atom. The summed E-state index contributed by atoms with van der Waals surface area (Å²) < 4.78 is 9.26. The van der Waals surface area contributed by atoms with Gasteiger partial charge in [0.1, 0.15) is 12.0 Å². The third kappa shape index (κ3) is 1.56. The molecule has 13 heavy (non-hydrogen) atoms. The van der Waals surface area contributed by atoms with Gasteiger partial charge in [0.2, 0.25) is 0 Å². The lowest BCUT2D eigenvalue weighted by Gasteiger charge is -1.94. The van der Waals surface area contributed by atoms with Crippen LogP contribution in [0.3, 0.4) is 0 Å². The highest BCUT2D eigenvalue weighted by molar-refractivity contribution is 5.88. The van der Waals surface area contributed by atoms with Gasteiger partial charge in [-0.2, -0.15) is 5.10 Å². The predicted octanol–water partition coefficient (Wildman–Crippen LogP) is 0.617. The zero-order chi connectivity index (χ0) is 9.10. The van der Waals surface area contributed by atoms with Crippen LogP contribution in [0.25, 0.3) is 0 Å². The number of H-pyrrole nitrogens is 1. The van der Waals surface area contributed by atoms with E-state index in [0.29, 0.717) is 0 Å². The predicted molar refractivity (Wildman–Crippen MR) is 40.0 cm³/mol. The van der Waals surface area contributed by atoms with Gasteiger partial charge in [-0.3, -0.25) is 5.10 Å². The van der Waals surface area contributed by atoms with Crippen LogP contribution in [0.4, 0.5) is 0 Å². The molecule has 6 nitrogen and oxygen atoms in total. The summed E-state index contributed by atoms with van der Waals surface area (Å²) in [6, 6.07) is 2.94. The molecular formula is C7H5N3O3. The third-order valence-electron chi connectivity index (χ3n) is 1.33. The maximum absolute atomic E-state index is 11.2.